The summed E-state index contributed by atoms with van der Waals surface area (Å²) in [5.41, 5.74) is 3.10. The van der Waals surface area contributed by atoms with E-state index in [4.69, 9.17) is 0 Å². The lowest BCUT2D eigenvalue weighted by molar-refractivity contribution is -0.900. The Bertz CT molecular complexity index is 654. The number of carbonyl (C=O) groups excluding carboxylic acids is 1. The van der Waals surface area contributed by atoms with Gasteiger partial charge in [0.25, 0.3) is 5.91 Å². The van der Waals surface area contributed by atoms with Gasteiger partial charge in [-0.25, -0.2) is 0 Å². The molecule has 0 radical (unpaired) electrons. The molecule has 3 rings (SSSR count). The first-order valence-corrected chi connectivity index (χ1v) is 8.50. The molecule has 0 aromatic heterocycles. The molecule has 1 aliphatic rings. The first kappa shape index (κ1) is 15.8. The number of likely N-dealkylation sites (tertiary alicyclic amines) is 1. The number of hydrogen-bond donors (Lipinski definition) is 2. The lowest BCUT2D eigenvalue weighted by atomic mass is 10.0. The molecule has 1 aliphatic heterocycles. The molecular weight excluding hydrogens is 284 g/mol. The Morgan fingerprint density at radius 2 is 1.87 bits per heavy atom. The van der Waals surface area contributed by atoms with Crippen molar-refractivity contribution in [2.75, 3.05) is 25.0 Å². The van der Waals surface area contributed by atoms with Crippen LogP contribution in [0.25, 0.3) is 11.1 Å². The normalized spacial score (nSPS) is 20.9. The molecule has 1 unspecified atom stereocenters. The Morgan fingerprint density at radius 3 is 2.65 bits per heavy atom. The molecule has 1 amide bonds. The molecule has 23 heavy (non-hydrogen) atoms. The van der Waals surface area contributed by atoms with Crippen LogP contribution in [0, 0.1) is 5.92 Å². The summed E-state index contributed by atoms with van der Waals surface area (Å²) in [5.74, 6) is 0.834. The van der Waals surface area contributed by atoms with Crippen LogP contribution in [0.15, 0.2) is 54.6 Å². The van der Waals surface area contributed by atoms with E-state index in [1.54, 1.807) is 0 Å². The van der Waals surface area contributed by atoms with E-state index in [1.165, 1.54) is 17.7 Å². The first-order valence-electron chi connectivity index (χ1n) is 8.50. The van der Waals surface area contributed by atoms with Gasteiger partial charge in [0.15, 0.2) is 6.54 Å². The lowest BCUT2D eigenvalue weighted by Gasteiger charge is -2.27. The van der Waals surface area contributed by atoms with Crippen LogP contribution in [0.2, 0.25) is 0 Å². The van der Waals surface area contributed by atoms with Gasteiger partial charge in [-0.1, -0.05) is 55.5 Å². The zero-order valence-electron chi connectivity index (χ0n) is 13.7. The quantitative estimate of drug-likeness (QED) is 0.894. The minimum Gasteiger partial charge on any atom is -0.327 e. The van der Waals surface area contributed by atoms with Crippen LogP contribution in [0.5, 0.6) is 0 Å². The summed E-state index contributed by atoms with van der Waals surface area (Å²) in [7, 11) is 0. The fraction of sp³-hybridized carbons (Fsp3) is 0.350. The van der Waals surface area contributed by atoms with Crippen LogP contribution in [-0.4, -0.2) is 25.5 Å². The smallest absolute Gasteiger partial charge is 0.279 e. The number of carbonyl (C=O) groups is 1. The third kappa shape index (κ3) is 4.20. The van der Waals surface area contributed by atoms with Gasteiger partial charge < -0.3 is 10.2 Å². The summed E-state index contributed by atoms with van der Waals surface area (Å²) in [6, 6.07) is 18.2. The Kier molecular flexibility index (Phi) is 5.09. The number of anilines is 1. The van der Waals surface area contributed by atoms with Gasteiger partial charge in [0.05, 0.1) is 13.1 Å². The van der Waals surface area contributed by atoms with Crippen molar-refractivity contribution < 1.29 is 9.69 Å². The van der Waals surface area contributed by atoms with E-state index in [9.17, 15) is 4.79 Å². The van der Waals surface area contributed by atoms with E-state index >= 15 is 0 Å². The van der Waals surface area contributed by atoms with Gasteiger partial charge in [-0.3, -0.25) is 4.79 Å². The molecule has 0 saturated carbocycles. The highest BCUT2D eigenvalue weighted by atomic mass is 16.2. The summed E-state index contributed by atoms with van der Waals surface area (Å²) in [5, 5.41) is 3.11. The summed E-state index contributed by atoms with van der Waals surface area (Å²) in [6.07, 6.45) is 2.52. The average molecular weight is 309 g/mol. The molecule has 0 aliphatic carbocycles. The van der Waals surface area contributed by atoms with E-state index in [1.807, 2.05) is 36.4 Å². The maximum absolute atomic E-state index is 12.4. The van der Waals surface area contributed by atoms with Crippen molar-refractivity contribution >= 4 is 11.6 Å². The monoisotopic (exact) mass is 309 g/mol. The molecule has 1 saturated heterocycles. The molecule has 2 N–H and O–H groups in total. The van der Waals surface area contributed by atoms with E-state index < -0.39 is 0 Å². The Labute approximate surface area is 138 Å². The maximum Gasteiger partial charge on any atom is 0.279 e. The number of quaternary nitrogens is 1. The maximum atomic E-state index is 12.4. The van der Waals surface area contributed by atoms with Gasteiger partial charge in [-0.05, 0) is 24.5 Å². The number of nitrogens with one attached hydrogen (secondary N) is 2. The highest BCUT2D eigenvalue weighted by molar-refractivity contribution is 5.96. The SMILES string of the molecule is C[C@@H]1CCC[NH+](CC(=O)Nc2ccccc2-c2ccccc2)C1. The summed E-state index contributed by atoms with van der Waals surface area (Å²) in [4.78, 5) is 13.8. The van der Waals surface area contributed by atoms with Crippen LogP contribution in [-0.2, 0) is 4.79 Å². The zero-order chi connectivity index (χ0) is 16.1. The van der Waals surface area contributed by atoms with Crippen LogP contribution in [0.4, 0.5) is 5.69 Å². The molecule has 1 heterocycles. The Hall–Kier alpha value is -2.13. The molecule has 2 aromatic carbocycles. The number of piperidine rings is 1. The van der Waals surface area contributed by atoms with Crippen molar-refractivity contribution in [2.24, 2.45) is 5.92 Å². The van der Waals surface area contributed by atoms with E-state index in [2.05, 4.69) is 30.4 Å². The van der Waals surface area contributed by atoms with Crippen molar-refractivity contribution in [3.8, 4) is 11.1 Å². The molecule has 0 spiro atoms. The topological polar surface area (TPSA) is 33.5 Å². The first-order chi connectivity index (χ1) is 11.2. The van der Waals surface area contributed by atoms with Crippen LogP contribution in [0.3, 0.4) is 0 Å². The summed E-state index contributed by atoms with van der Waals surface area (Å²) in [6.45, 7) is 5.06. The standard InChI is InChI=1S/C20H24N2O/c1-16-8-7-13-22(14-16)15-20(23)21-19-12-6-5-11-18(19)17-9-3-2-4-10-17/h2-6,9-12,16H,7-8,13-15H2,1H3,(H,21,23)/p+1/t16-/m1/s1. The average Bonchev–Trinajstić information content (AvgIpc) is 2.56. The zero-order valence-corrected chi connectivity index (χ0v) is 13.7. The molecule has 2 aromatic rings. The van der Waals surface area contributed by atoms with Gasteiger partial charge in [-0.15, -0.1) is 0 Å². The van der Waals surface area contributed by atoms with Gasteiger partial charge >= 0.3 is 0 Å². The fourth-order valence-corrected chi connectivity index (χ4v) is 3.44. The Balaban J connectivity index is 1.69. The van der Waals surface area contributed by atoms with Crippen molar-refractivity contribution in [1.29, 1.82) is 0 Å². The highest BCUT2D eigenvalue weighted by Crippen LogP contribution is 2.27. The van der Waals surface area contributed by atoms with Crippen molar-refractivity contribution in [2.45, 2.75) is 19.8 Å². The van der Waals surface area contributed by atoms with E-state index in [0.717, 1.165) is 35.8 Å². The second-order valence-electron chi connectivity index (χ2n) is 6.59. The molecule has 2 atom stereocenters. The molecule has 120 valence electrons. The fourth-order valence-electron chi connectivity index (χ4n) is 3.44. The van der Waals surface area contributed by atoms with Gasteiger partial charge in [0.1, 0.15) is 0 Å². The molecule has 1 fully saturated rings. The number of para-hydroxylation sites is 1. The van der Waals surface area contributed by atoms with E-state index in [-0.39, 0.29) is 5.91 Å². The molecule has 3 heteroatoms. The summed E-state index contributed by atoms with van der Waals surface area (Å²) < 4.78 is 0. The minimum atomic E-state index is 0.109. The molecule has 0 bridgehead atoms. The molecule has 3 nitrogen and oxygen atoms in total. The number of amides is 1. The van der Waals surface area contributed by atoms with Crippen LogP contribution >= 0.6 is 0 Å². The van der Waals surface area contributed by atoms with Gasteiger partial charge in [0, 0.05) is 17.2 Å². The van der Waals surface area contributed by atoms with Gasteiger partial charge in [0.2, 0.25) is 0 Å². The third-order valence-corrected chi connectivity index (χ3v) is 4.56. The largest absolute Gasteiger partial charge is 0.327 e. The number of benzene rings is 2. The van der Waals surface area contributed by atoms with Crippen molar-refractivity contribution in [3.63, 3.8) is 0 Å². The van der Waals surface area contributed by atoms with Crippen LogP contribution < -0.4 is 10.2 Å². The predicted octanol–water partition coefficient (Wildman–Crippen LogP) is 2.61. The van der Waals surface area contributed by atoms with Crippen molar-refractivity contribution in [3.05, 3.63) is 54.6 Å². The predicted molar refractivity (Wildman–Crippen MR) is 94.5 cm³/mol. The van der Waals surface area contributed by atoms with Gasteiger partial charge in [-0.2, -0.15) is 0 Å². The third-order valence-electron chi connectivity index (χ3n) is 4.56. The van der Waals surface area contributed by atoms with Crippen LogP contribution in [0.1, 0.15) is 19.8 Å². The summed E-state index contributed by atoms with van der Waals surface area (Å²) >= 11 is 0. The number of hydrogen-bond acceptors (Lipinski definition) is 1. The minimum absolute atomic E-state index is 0.109. The highest BCUT2D eigenvalue weighted by Gasteiger charge is 2.22. The number of rotatable bonds is 4. The Morgan fingerprint density at radius 1 is 1.13 bits per heavy atom. The van der Waals surface area contributed by atoms with E-state index in [0.29, 0.717) is 6.54 Å². The molecular formula is C20H25N2O+. The second-order valence-corrected chi connectivity index (χ2v) is 6.59. The second kappa shape index (κ2) is 7.42. The lowest BCUT2D eigenvalue weighted by Crippen LogP contribution is -3.14. The van der Waals surface area contributed by atoms with Crippen molar-refractivity contribution in [1.82, 2.24) is 0 Å².